The van der Waals surface area contributed by atoms with Gasteiger partial charge in [-0.2, -0.15) is 0 Å². The molecule has 7 heteroatoms. The van der Waals surface area contributed by atoms with E-state index in [0.29, 0.717) is 33.7 Å². The molecule has 0 N–H and O–H groups in total. The molecular weight excluding hydrogens is 430 g/mol. The van der Waals surface area contributed by atoms with E-state index in [2.05, 4.69) is 6.08 Å². The van der Waals surface area contributed by atoms with E-state index >= 15 is 0 Å². The topological polar surface area (TPSA) is 48.0 Å². The van der Waals surface area contributed by atoms with Gasteiger partial charge in [-0.3, -0.25) is 9.69 Å². The lowest BCUT2D eigenvalue weighted by molar-refractivity contribution is -0.122. The Morgan fingerprint density at radius 2 is 1.94 bits per heavy atom. The number of hydrogen-bond acceptors (Lipinski definition) is 6. The van der Waals surface area contributed by atoms with Crippen molar-refractivity contribution in [3.8, 4) is 17.2 Å². The molecular formula is C24H23NO4S2. The van der Waals surface area contributed by atoms with E-state index in [1.165, 1.54) is 11.8 Å². The molecule has 4 rings (SSSR count). The number of thiocarbonyl (C=S) groups is 1. The van der Waals surface area contributed by atoms with Gasteiger partial charge in [-0.15, -0.1) is 0 Å². The van der Waals surface area contributed by atoms with Crippen molar-refractivity contribution >= 4 is 40.3 Å². The maximum Gasteiger partial charge on any atom is 0.266 e. The number of fused-ring (bicyclic) bond motifs is 1. The summed E-state index contributed by atoms with van der Waals surface area (Å²) >= 11 is 6.83. The molecule has 0 bridgehead atoms. The van der Waals surface area contributed by atoms with Gasteiger partial charge in [0.15, 0.2) is 11.5 Å². The highest BCUT2D eigenvalue weighted by atomic mass is 32.2. The van der Waals surface area contributed by atoms with Crippen LogP contribution in [0.25, 0.3) is 6.08 Å². The summed E-state index contributed by atoms with van der Waals surface area (Å²) in [5.74, 6) is 2.14. The molecule has 1 amide bonds. The molecule has 5 nitrogen and oxygen atoms in total. The SMILES string of the molecule is COc1ccc(CCN2C(=O)/C(=C/C3=Cc4ccccc4OC3C)SC2=S)cc1OC. The Morgan fingerprint density at radius 1 is 1.16 bits per heavy atom. The van der Waals surface area contributed by atoms with Gasteiger partial charge in [-0.1, -0.05) is 48.2 Å². The van der Waals surface area contributed by atoms with Crippen LogP contribution in [0.3, 0.4) is 0 Å². The fourth-order valence-electron chi connectivity index (χ4n) is 3.54. The van der Waals surface area contributed by atoms with Crippen LogP contribution in [0, 0.1) is 0 Å². The Kier molecular flexibility index (Phi) is 6.34. The summed E-state index contributed by atoms with van der Waals surface area (Å²) in [7, 11) is 3.22. The zero-order valence-electron chi connectivity index (χ0n) is 17.6. The second-order valence-electron chi connectivity index (χ2n) is 7.21. The van der Waals surface area contributed by atoms with Gasteiger partial charge in [-0.05, 0) is 54.8 Å². The lowest BCUT2D eigenvalue weighted by Gasteiger charge is -2.23. The maximum atomic E-state index is 13.0. The van der Waals surface area contributed by atoms with Crippen molar-refractivity contribution in [2.45, 2.75) is 19.4 Å². The molecule has 2 aliphatic heterocycles. The van der Waals surface area contributed by atoms with Gasteiger partial charge in [0.25, 0.3) is 5.91 Å². The third kappa shape index (κ3) is 4.48. The molecule has 1 unspecified atom stereocenters. The fourth-order valence-corrected chi connectivity index (χ4v) is 4.85. The molecule has 1 atom stereocenters. The van der Waals surface area contributed by atoms with Crippen LogP contribution in [-0.2, 0) is 11.2 Å². The Morgan fingerprint density at radius 3 is 2.71 bits per heavy atom. The molecule has 1 fully saturated rings. The number of benzene rings is 2. The first-order valence-corrected chi connectivity index (χ1v) is 11.2. The molecule has 0 spiro atoms. The zero-order valence-corrected chi connectivity index (χ0v) is 19.2. The van der Waals surface area contributed by atoms with E-state index in [0.717, 1.165) is 22.4 Å². The molecule has 2 aromatic carbocycles. The number of hydrogen-bond donors (Lipinski definition) is 0. The van der Waals surface area contributed by atoms with E-state index in [4.69, 9.17) is 26.4 Å². The lowest BCUT2D eigenvalue weighted by atomic mass is 10.0. The Labute approximate surface area is 191 Å². The first-order chi connectivity index (χ1) is 15.0. The number of para-hydroxylation sites is 1. The summed E-state index contributed by atoms with van der Waals surface area (Å²) in [6.45, 7) is 2.49. The average Bonchev–Trinajstić information content (AvgIpc) is 3.04. The largest absolute Gasteiger partial charge is 0.493 e. The highest BCUT2D eigenvalue weighted by Gasteiger charge is 2.32. The van der Waals surface area contributed by atoms with Crippen LogP contribution in [0.15, 0.2) is 59.0 Å². The third-order valence-corrected chi connectivity index (χ3v) is 6.64. The van der Waals surface area contributed by atoms with E-state index < -0.39 is 0 Å². The molecule has 2 aliphatic rings. The molecule has 2 aromatic rings. The number of carbonyl (C=O) groups is 1. The van der Waals surface area contributed by atoms with Gasteiger partial charge < -0.3 is 14.2 Å². The van der Waals surface area contributed by atoms with Crippen molar-refractivity contribution in [1.82, 2.24) is 4.90 Å². The van der Waals surface area contributed by atoms with E-state index in [1.807, 2.05) is 55.5 Å². The quantitative estimate of drug-likeness (QED) is 0.460. The summed E-state index contributed by atoms with van der Waals surface area (Å²) in [6.07, 6.45) is 4.50. The average molecular weight is 454 g/mol. The molecule has 0 aliphatic carbocycles. The third-order valence-electron chi connectivity index (χ3n) is 5.26. The minimum atomic E-state index is -0.134. The van der Waals surface area contributed by atoms with E-state index in [-0.39, 0.29) is 12.0 Å². The first kappa shape index (κ1) is 21.5. The molecule has 0 radical (unpaired) electrons. The standard InChI is InChI=1S/C24H23NO4S2/c1-15-18(13-17-6-4-5-7-19(17)29-15)14-22-23(26)25(24(30)31-22)11-10-16-8-9-20(27-2)21(12-16)28-3/h4-9,12-15H,10-11H2,1-3H3/b22-14-. The van der Waals surface area contributed by atoms with Crippen LogP contribution in [-0.4, -0.2) is 42.0 Å². The lowest BCUT2D eigenvalue weighted by Crippen LogP contribution is -2.30. The predicted octanol–water partition coefficient (Wildman–Crippen LogP) is 4.86. The number of carbonyl (C=O) groups excluding carboxylic acids is 1. The van der Waals surface area contributed by atoms with Gasteiger partial charge in [0, 0.05) is 12.1 Å². The molecule has 31 heavy (non-hydrogen) atoms. The van der Waals surface area contributed by atoms with Gasteiger partial charge in [0.05, 0.1) is 19.1 Å². The minimum Gasteiger partial charge on any atom is -0.493 e. The summed E-state index contributed by atoms with van der Waals surface area (Å²) in [6, 6.07) is 13.6. The van der Waals surface area contributed by atoms with Crippen molar-refractivity contribution in [2.75, 3.05) is 20.8 Å². The van der Waals surface area contributed by atoms with Gasteiger partial charge in [0.1, 0.15) is 16.2 Å². The summed E-state index contributed by atoms with van der Waals surface area (Å²) in [5, 5.41) is 0. The zero-order chi connectivity index (χ0) is 22.0. The van der Waals surface area contributed by atoms with Crippen molar-refractivity contribution in [3.05, 3.63) is 70.1 Å². The Hall–Kier alpha value is -2.77. The molecule has 2 heterocycles. The smallest absolute Gasteiger partial charge is 0.266 e. The normalized spacial score (nSPS) is 19.2. The Balaban J connectivity index is 1.49. The minimum absolute atomic E-state index is 0.0672. The number of nitrogens with zero attached hydrogens (tertiary/aromatic N) is 1. The number of amides is 1. The fraction of sp³-hybridized carbons (Fsp3) is 0.250. The van der Waals surface area contributed by atoms with Crippen LogP contribution >= 0.6 is 24.0 Å². The number of thioether (sulfide) groups is 1. The molecule has 160 valence electrons. The van der Waals surface area contributed by atoms with Crippen molar-refractivity contribution in [1.29, 1.82) is 0 Å². The monoisotopic (exact) mass is 453 g/mol. The molecule has 0 aromatic heterocycles. The first-order valence-electron chi connectivity index (χ1n) is 9.93. The van der Waals surface area contributed by atoms with Gasteiger partial charge in [-0.25, -0.2) is 0 Å². The van der Waals surface area contributed by atoms with Crippen molar-refractivity contribution < 1.29 is 19.0 Å². The molecule has 1 saturated heterocycles. The van der Waals surface area contributed by atoms with Gasteiger partial charge >= 0.3 is 0 Å². The van der Waals surface area contributed by atoms with Crippen LogP contribution in [0.2, 0.25) is 0 Å². The van der Waals surface area contributed by atoms with Crippen LogP contribution in [0.1, 0.15) is 18.1 Å². The van der Waals surface area contributed by atoms with Crippen LogP contribution in [0.4, 0.5) is 0 Å². The van der Waals surface area contributed by atoms with Crippen molar-refractivity contribution in [2.24, 2.45) is 0 Å². The Bertz CT molecular complexity index is 1090. The predicted molar refractivity (Wildman–Crippen MR) is 128 cm³/mol. The second-order valence-corrected chi connectivity index (χ2v) is 8.89. The summed E-state index contributed by atoms with van der Waals surface area (Å²) in [4.78, 5) is 15.3. The number of rotatable bonds is 6. The summed E-state index contributed by atoms with van der Waals surface area (Å²) in [5.41, 5.74) is 3.01. The number of ether oxygens (including phenoxy) is 3. The highest BCUT2D eigenvalue weighted by molar-refractivity contribution is 8.26. The van der Waals surface area contributed by atoms with Crippen LogP contribution in [0.5, 0.6) is 17.2 Å². The van der Waals surface area contributed by atoms with E-state index in [1.54, 1.807) is 19.1 Å². The van der Waals surface area contributed by atoms with Crippen molar-refractivity contribution in [3.63, 3.8) is 0 Å². The highest BCUT2D eigenvalue weighted by Crippen LogP contribution is 2.36. The number of methoxy groups -OCH3 is 2. The summed E-state index contributed by atoms with van der Waals surface area (Å²) < 4.78 is 17.2. The van der Waals surface area contributed by atoms with Gasteiger partial charge in [0.2, 0.25) is 0 Å². The van der Waals surface area contributed by atoms with E-state index in [9.17, 15) is 4.79 Å². The van der Waals surface area contributed by atoms with Crippen LogP contribution < -0.4 is 14.2 Å². The molecule has 0 saturated carbocycles. The second kappa shape index (κ2) is 9.16. The maximum absolute atomic E-state index is 13.0.